The Labute approximate surface area is 55.8 Å². The van der Waals surface area contributed by atoms with Gasteiger partial charge < -0.3 is 9.84 Å². The second-order valence-electron chi connectivity index (χ2n) is 3.12. The van der Waals surface area contributed by atoms with Crippen LogP contribution in [0.2, 0.25) is 0 Å². The first-order valence-corrected chi connectivity index (χ1v) is 3.45. The molecule has 1 unspecified atom stereocenters. The van der Waals surface area contributed by atoms with Gasteiger partial charge in [0, 0.05) is 12.0 Å². The third-order valence-electron chi connectivity index (χ3n) is 1.90. The van der Waals surface area contributed by atoms with Crippen molar-refractivity contribution >= 4 is 0 Å². The standard InChI is InChI=1S/C7H14O2/c1-7(5-8)3-2-4-9-6-7/h8H,2-6H2,1H3. The van der Waals surface area contributed by atoms with Crippen LogP contribution in [0.4, 0.5) is 0 Å². The van der Waals surface area contributed by atoms with E-state index in [1.807, 2.05) is 0 Å². The Balaban J connectivity index is 2.37. The van der Waals surface area contributed by atoms with E-state index < -0.39 is 0 Å². The molecule has 1 atom stereocenters. The van der Waals surface area contributed by atoms with Crippen LogP contribution >= 0.6 is 0 Å². The SMILES string of the molecule is CC1(CO)CCCOC1. The molecular formula is C7H14O2. The average Bonchev–Trinajstić information content (AvgIpc) is 1.90. The van der Waals surface area contributed by atoms with Crippen LogP contribution < -0.4 is 0 Å². The predicted octanol–water partition coefficient (Wildman–Crippen LogP) is 0.795. The van der Waals surface area contributed by atoms with Gasteiger partial charge in [0.05, 0.1) is 13.2 Å². The number of aliphatic hydroxyl groups is 1. The van der Waals surface area contributed by atoms with Gasteiger partial charge in [0.15, 0.2) is 0 Å². The van der Waals surface area contributed by atoms with Crippen LogP contribution in [0, 0.1) is 5.41 Å². The second kappa shape index (κ2) is 2.67. The second-order valence-corrected chi connectivity index (χ2v) is 3.12. The van der Waals surface area contributed by atoms with Crippen LogP contribution in [0.15, 0.2) is 0 Å². The number of aliphatic hydroxyl groups excluding tert-OH is 1. The molecule has 1 N–H and O–H groups in total. The molecule has 1 aliphatic rings. The summed E-state index contributed by atoms with van der Waals surface area (Å²) >= 11 is 0. The highest BCUT2D eigenvalue weighted by atomic mass is 16.5. The molecular weight excluding hydrogens is 116 g/mol. The van der Waals surface area contributed by atoms with Crippen molar-refractivity contribution in [3.63, 3.8) is 0 Å². The lowest BCUT2D eigenvalue weighted by atomic mass is 9.86. The normalized spacial score (nSPS) is 36.7. The molecule has 54 valence electrons. The molecule has 0 aromatic carbocycles. The summed E-state index contributed by atoms with van der Waals surface area (Å²) in [5.74, 6) is 0. The highest BCUT2D eigenvalue weighted by Crippen LogP contribution is 2.26. The van der Waals surface area contributed by atoms with Gasteiger partial charge in [0.1, 0.15) is 0 Å². The molecule has 0 radical (unpaired) electrons. The van der Waals surface area contributed by atoms with Crippen molar-refractivity contribution in [1.29, 1.82) is 0 Å². The summed E-state index contributed by atoms with van der Waals surface area (Å²) in [4.78, 5) is 0. The minimum absolute atomic E-state index is 0.0538. The Morgan fingerprint density at radius 1 is 1.67 bits per heavy atom. The van der Waals surface area contributed by atoms with Gasteiger partial charge in [-0.05, 0) is 12.8 Å². The topological polar surface area (TPSA) is 29.5 Å². The van der Waals surface area contributed by atoms with E-state index in [1.54, 1.807) is 0 Å². The molecule has 1 heterocycles. The van der Waals surface area contributed by atoms with E-state index in [-0.39, 0.29) is 12.0 Å². The summed E-state index contributed by atoms with van der Waals surface area (Å²) in [5.41, 5.74) is 0.0538. The summed E-state index contributed by atoms with van der Waals surface area (Å²) in [6.07, 6.45) is 2.20. The van der Waals surface area contributed by atoms with Crippen LogP contribution in [-0.2, 0) is 4.74 Å². The van der Waals surface area contributed by atoms with Crippen LogP contribution in [-0.4, -0.2) is 24.9 Å². The Morgan fingerprint density at radius 3 is 2.78 bits per heavy atom. The first kappa shape index (κ1) is 7.03. The lowest BCUT2D eigenvalue weighted by molar-refractivity contribution is -0.0271. The van der Waals surface area contributed by atoms with E-state index in [2.05, 4.69) is 6.92 Å². The molecule has 0 aromatic rings. The Hall–Kier alpha value is -0.0800. The molecule has 0 amide bonds. The van der Waals surface area contributed by atoms with Gasteiger partial charge in [-0.15, -0.1) is 0 Å². The van der Waals surface area contributed by atoms with Gasteiger partial charge in [-0.1, -0.05) is 6.92 Å². The summed E-state index contributed by atoms with van der Waals surface area (Å²) in [6, 6.07) is 0. The van der Waals surface area contributed by atoms with Gasteiger partial charge >= 0.3 is 0 Å². The van der Waals surface area contributed by atoms with Crippen molar-refractivity contribution in [2.75, 3.05) is 19.8 Å². The molecule has 0 aromatic heterocycles. The van der Waals surface area contributed by atoms with Gasteiger partial charge in [-0.2, -0.15) is 0 Å². The molecule has 1 rings (SSSR count). The van der Waals surface area contributed by atoms with Gasteiger partial charge in [-0.3, -0.25) is 0 Å². The highest BCUT2D eigenvalue weighted by molar-refractivity contribution is 4.75. The summed E-state index contributed by atoms with van der Waals surface area (Å²) in [7, 11) is 0. The van der Waals surface area contributed by atoms with Crippen LogP contribution in [0.1, 0.15) is 19.8 Å². The third kappa shape index (κ3) is 1.66. The average molecular weight is 130 g/mol. The maximum atomic E-state index is 8.87. The van der Waals surface area contributed by atoms with Crippen molar-refractivity contribution in [3.05, 3.63) is 0 Å². The highest BCUT2D eigenvalue weighted by Gasteiger charge is 2.26. The number of ether oxygens (including phenoxy) is 1. The molecule has 9 heavy (non-hydrogen) atoms. The molecule has 0 aliphatic carbocycles. The minimum Gasteiger partial charge on any atom is -0.396 e. The molecule has 2 heteroatoms. The molecule has 0 spiro atoms. The maximum absolute atomic E-state index is 8.87. The van der Waals surface area contributed by atoms with E-state index >= 15 is 0 Å². The van der Waals surface area contributed by atoms with Crippen molar-refractivity contribution in [3.8, 4) is 0 Å². The fourth-order valence-electron chi connectivity index (χ4n) is 1.12. The number of hydrogen-bond donors (Lipinski definition) is 1. The lowest BCUT2D eigenvalue weighted by Crippen LogP contribution is -2.31. The maximum Gasteiger partial charge on any atom is 0.0541 e. The van der Waals surface area contributed by atoms with E-state index in [1.165, 1.54) is 0 Å². The van der Waals surface area contributed by atoms with Crippen LogP contribution in [0.3, 0.4) is 0 Å². The van der Waals surface area contributed by atoms with Crippen molar-refractivity contribution in [2.24, 2.45) is 5.41 Å². The molecule has 0 saturated carbocycles. The largest absolute Gasteiger partial charge is 0.396 e. The Morgan fingerprint density at radius 2 is 2.44 bits per heavy atom. The minimum atomic E-state index is 0.0538. The van der Waals surface area contributed by atoms with Crippen molar-refractivity contribution in [2.45, 2.75) is 19.8 Å². The predicted molar refractivity (Wildman–Crippen MR) is 35.2 cm³/mol. The zero-order chi connectivity index (χ0) is 6.74. The summed E-state index contributed by atoms with van der Waals surface area (Å²) < 4.78 is 5.22. The quantitative estimate of drug-likeness (QED) is 0.568. The van der Waals surface area contributed by atoms with Gasteiger partial charge in [0.2, 0.25) is 0 Å². The molecule has 1 fully saturated rings. The lowest BCUT2D eigenvalue weighted by Gasteiger charge is -2.30. The smallest absolute Gasteiger partial charge is 0.0541 e. The zero-order valence-electron chi connectivity index (χ0n) is 5.89. The third-order valence-corrected chi connectivity index (χ3v) is 1.90. The molecule has 1 saturated heterocycles. The fourth-order valence-corrected chi connectivity index (χ4v) is 1.12. The number of rotatable bonds is 1. The molecule has 0 bridgehead atoms. The zero-order valence-corrected chi connectivity index (χ0v) is 5.89. The van der Waals surface area contributed by atoms with E-state index in [0.29, 0.717) is 0 Å². The van der Waals surface area contributed by atoms with Crippen molar-refractivity contribution < 1.29 is 9.84 Å². The summed E-state index contributed by atoms with van der Waals surface area (Å²) in [5, 5.41) is 8.87. The van der Waals surface area contributed by atoms with Gasteiger partial charge in [0.25, 0.3) is 0 Å². The van der Waals surface area contributed by atoms with Crippen LogP contribution in [0.5, 0.6) is 0 Å². The van der Waals surface area contributed by atoms with E-state index in [9.17, 15) is 0 Å². The first-order chi connectivity index (χ1) is 4.27. The molecule has 2 nitrogen and oxygen atoms in total. The van der Waals surface area contributed by atoms with E-state index in [0.717, 1.165) is 26.1 Å². The Kier molecular flexibility index (Phi) is 2.09. The Bertz CT molecular complexity index is 84.9. The number of hydrogen-bond acceptors (Lipinski definition) is 2. The van der Waals surface area contributed by atoms with Crippen molar-refractivity contribution in [1.82, 2.24) is 0 Å². The fraction of sp³-hybridized carbons (Fsp3) is 1.00. The monoisotopic (exact) mass is 130 g/mol. The molecule has 1 aliphatic heterocycles. The van der Waals surface area contributed by atoms with Crippen LogP contribution in [0.25, 0.3) is 0 Å². The van der Waals surface area contributed by atoms with E-state index in [4.69, 9.17) is 9.84 Å². The summed E-state index contributed by atoms with van der Waals surface area (Å²) in [6.45, 7) is 3.91. The van der Waals surface area contributed by atoms with Gasteiger partial charge in [-0.25, -0.2) is 0 Å². The first-order valence-electron chi connectivity index (χ1n) is 3.45.